The van der Waals surface area contributed by atoms with Crippen LogP contribution in [0, 0.1) is 6.92 Å². The van der Waals surface area contributed by atoms with Crippen LogP contribution in [-0.2, 0) is 6.18 Å². The van der Waals surface area contributed by atoms with Crippen LogP contribution in [0.4, 0.5) is 13.2 Å². The molecule has 8 heteroatoms. The fraction of sp³-hybridized carbons (Fsp3) is 0.111. The predicted molar refractivity (Wildman–Crippen MR) is 90.6 cm³/mol. The van der Waals surface area contributed by atoms with Crippen LogP contribution in [0.1, 0.15) is 21.5 Å². The molecule has 0 aliphatic carbocycles. The minimum atomic E-state index is -4.54. The van der Waals surface area contributed by atoms with Crippen LogP contribution in [-0.4, -0.2) is 21.2 Å². The molecule has 0 saturated heterocycles. The zero-order valence-corrected chi connectivity index (χ0v) is 14.0. The molecule has 26 heavy (non-hydrogen) atoms. The maximum Gasteiger partial charge on any atom is 0.416 e. The summed E-state index contributed by atoms with van der Waals surface area (Å²) in [4.78, 5) is 16.0. The van der Waals surface area contributed by atoms with E-state index in [4.69, 9.17) is 11.6 Å². The lowest BCUT2D eigenvalue weighted by molar-refractivity contribution is -0.137. The van der Waals surface area contributed by atoms with Gasteiger partial charge in [0, 0.05) is 17.0 Å². The van der Waals surface area contributed by atoms with Gasteiger partial charge in [0.1, 0.15) is 5.75 Å². The number of carboxylic acid groups (broad SMARTS) is 1. The monoisotopic (exact) mass is 381 g/mol. The Morgan fingerprint density at radius 3 is 2.50 bits per heavy atom. The van der Waals surface area contributed by atoms with E-state index in [2.05, 4.69) is 4.98 Å². The quantitative estimate of drug-likeness (QED) is 0.633. The van der Waals surface area contributed by atoms with Crippen LogP contribution in [0.25, 0.3) is 22.2 Å². The second-order valence-corrected chi connectivity index (χ2v) is 6.07. The van der Waals surface area contributed by atoms with E-state index < -0.39 is 17.7 Å². The Kier molecular flexibility index (Phi) is 4.28. The number of hydrogen-bond donors (Lipinski definition) is 2. The number of fused-ring (bicyclic) bond motifs is 1. The standard InChI is InChI=1S/C18H11ClF3NO3/c1-8-15(17(25)26)11-6-12(19)14(24)7-13(11)23-16(8)9-3-2-4-10(5-9)18(20,21)22/h2-7,24H,1H3,(H,25,26). The van der Waals surface area contributed by atoms with Gasteiger partial charge in [-0.2, -0.15) is 13.2 Å². The molecule has 1 aromatic heterocycles. The third kappa shape index (κ3) is 3.06. The number of benzene rings is 2. The number of aromatic hydroxyl groups is 1. The van der Waals surface area contributed by atoms with Gasteiger partial charge in [-0.05, 0) is 30.7 Å². The van der Waals surface area contributed by atoms with Gasteiger partial charge in [0.25, 0.3) is 0 Å². The summed E-state index contributed by atoms with van der Waals surface area (Å²) in [6, 6.07) is 6.92. The Morgan fingerprint density at radius 2 is 1.88 bits per heavy atom. The maximum absolute atomic E-state index is 13.0. The largest absolute Gasteiger partial charge is 0.506 e. The summed E-state index contributed by atoms with van der Waals surface area (Å²) in [5, 5.41) is 19.5. The molecular formula is C18H11ClF3NO3. The highest BCUT2D eigenvalue weighted by Gasteiger charge is 2.31. The van der Waals surface area contributed by atoms with Crippen molar-refractivity contribution >= 4 is 28.5 Å². The molecule has 0 bridgehead atoms. The average molecular weight is 382 g/mol. The second-order valence-electron chi connectivity index (χ2n) is 5.66. The van der Waals surface area contributed by atoms with Crippen molar-refractivity contribution in [3.8, 4) is 17.0 Å². The summed E-state index contributed by atoms with van der Waals surface area (Å²) in [5.41, 5.74) is -0.483. The van der Waals surface area contributed by atoms with Crippen molar-refractivity contribution in [1.82, 2.24) is 4.98 Å². The number of pyridine rings is 1. The van der Waals surface area contributed by atoms with E-state index in [9.17, 15) is 28.2 Å². The smallest absolute Gasteiger partial charge is 0.416 e. The summed E-state index contributed by atoms with van der Waals surface area (Å²) in [6.45, 7) is 1.46. The Hall–Kier alpha value is -2.80. The molecule has 0 radical (unpaired) electrons. The van der Waals surface area contributed by atoms with Crippen molar-refractivity contribution in [2.75, 3.05) is 0 Å². The summed E-state index contributed by atoms with van der Waals surface area (Å²) < 4.78 is 38.9. The van der Waals surface area contributed by atoms with E-state index in [0.717, 1.165) is 12.1 Å². The van der Waals surface area contributed by atoms with Gasteiger partial charge in [-0.25, -0.2) is 9.78 Å². The van der Waals surface area contributed by atoms with Gasteiger partial charge in [-0.15, -0.1) is 0 Å². The zero-order chi connectivity index (χ0) is 19.2. The number of aromatic carboxylic acids is 1. The molecule has 3 rings (SSSR count). The van der Waals surface area contributed by atoms with Crippen molar-refractivity contribution in [3.63, 3.8) is 0 Å². The maximum atomic E-state index is 13.0. The Morgan fingerprint density at radius 1 is 1.19 bits per heavy atom. The van der Waals surface area contributed by atoms with Crippen molar-refractivity contribution in [2.45, 2.75) is 13.1 Å². The molecule has 0 aliphatic heterocycles. The first-order valence-electron chi connectivity index (χ1n) is 7.33. The molecule has 2 N–H and O–H groups in total. The summed E-state index contributed by atoms with van der Waals surface area (Å²) in [5.74, 6) is -1.58. The number of carboxylic acids is 1. The number of halogens is 4. The molecule has 0 fully saturated rings. The minimum Gasteiger partial charge on any atom is -0.506 e. The molecule has 134 valence electrons. The molecule has 0 aliphatic rings. The molecule has 2 aromatic carbocycles. The lowest BCUT2D eigenvalue weighted by Crippen LogP contribution is -2.07. The molecule has 4 nitrogen and oxygen atoms in total. The third-order valence-corrected chi connectivity index (χ3v) is 4.28. The van der Waals surface area contributed by atoms with Crippen molar-refractivity contribution in [1.29, 1.82) is 0 Å². The Labute approximate surface area is 150 Å². The van der Waals surface area contributed by atoms with Gasteiger partial charge in [-0.3, -0.25) is 0 Å². The van der Waals surface area contributed by atoms with E-state index in [0.29, 0.717) is 0 Å². The van der Waals surface area contributed by atoms with Gasteiger partial charge in [0.05, 0.1) is 27.4 Å². The zero-order valence-electron chi connectivity index (χ0n) is 13.2. The molecule has 0 spiro atoms. The lowest BCUT2D eigenvalue weighted by Gasteiger charge is -2.14. The molecular weight excluding hydrogens is 371 g/mol. The average Bonchev–Trinajstić information content (AvgIpc) is 2.55. The second kappa shape index (κ2) is 6.17. The number of hydrogen-bond acceptors (Lipinski definition) is 3. The fourth-order valence-corrected chi connectivity index (χ4v) is 2.93. The van der Waals surface area contributed by atoms with Crippen molar-refractivity contribution in [2.24, 2.45) is 0 Å². The summed E-state index contributed by atoms with van der Waals surface area (Å²) >= 11 is 5.85. The predicted octanol–water partition coefficient (Wildman–Crippen LogP) is 5.29. The van der Waals surface area contributed by atoms with Crippen LogP contribution in [0.5, 0.6) is 5.75 Å². The SMILES string of the molecule is Cc1c(-c2cccc(C(F)(F)F)c2)nc2cc(O)c(Cl)cc2c1C(=O)O. The van der Waals surface area contributed by atoms with E-state index in [-0.39, 0.29) is 44.1 Å². The van der Waals surface area contributed by atoms with E-state index >= 15 is 0 Å². The first kappa shape index (κ1) is 18.0. The molecule has 3 aromatic rings. The van der Waals surface area contributed by atoms with Crippen LogP contribution in [0.3, 0.4) is 0 Å². The molecule has 1 heterocycles. The Bertz CT molecular complexity index is 1050. The normalized spacial score (nSPS) is 11.7. The highest BCUT2D eigenvalue weighted by Crippen LogP contribution is 2.36. The minimum absolute atomic E-state index is 0.0481. The fourth-order valence-electron chi connectivity index (χ4n) is 2.77. The topological polar surface area (TPSA) is 70.4 Å². The van der Waals surface area contributed by atoms with E-state index in [1.54, 1.807) is 0 Å². The van der Waals surface area contributed by atoms with Crippen molar-refractivity contribution in [3.05, 3.63) is 58.1 Å². The first-order chi connectivity index (χ1) is 12.1. The van der Waals surface area contributed by atoms with Crippen molar-refractivity contribution < 1.29 is 28.2 Å². The van der Waals surface area contributed by atoms with Gasteiger partial charge >= 0.3 is 12.1 Å². The number of nitrogens with zero attached hydrogens (tertiary/aromatic N) is 1. The number of alkyl halides is 3. The highest BCUT2D eigenvalue weighted by atomic mass is 35.5. The number of rotatable bonds is 2. The van der Waals surface area contributed by atoms with E-state index in [1.807, 2.05) is 0 Å². The third-order valence-electron chi connectivity index (χ3n) is 3.97. The van der Waals surface area contributed by atoms with Gasteiger partial charge in [0.15, 0.2) is 0 Å². The molecule has 0 saturated carbocycles. The first-order valence-corrected chi connectivity index (χ1v) is 7.71. The van der Waals surface area contributed by atoms with Crippen LogP contribution < -0.4 is 0 Å². The summed E-state index contributed by atoms with van der Waals surface area (Å²) in [7, 11) is 0. The van der Waals surface area contributed by atoms with Gasteiger partial charge < -0.3 is 10.2 Å². The van der Waals surface area contributed by atoms with Crippen LogP contribution in [0.2, 0.25) is 5.02 Å². The molecule has 0 amide bonds. The molecule has 0 atom stereocenters. The highest BCUT2D eigenvalue weighted by molar-refractivity contribution is 6.33. The number of aromatic nitrogens is 1. The Balaban J connectivity index is 2.36. The van der Waals surface area contributed by atoms with Gasteiger partial charge in [-0.1, -0.05) is 23.7 Å². The number of phenols is 1. The molecule has 0 unspecified atom stereocenters. The van der Waals surface area contributed by atoms with Crippen LogP contribution in [0.15, 0.2) is 36.4 Å². The lowest BCUT2D eigenvalue weighted by atomic mass is 9.96. The van der Waals surface area contributed by atoms with Crippen LogP contribution >= 0.6 is 11.6 Å². The number of carbonyl (C=O) groups is 1. The number of phenolic OH excluding ortho intramolecular Hbond substituents is 1. The van der Waals surface area contributed by atoms with Gasteiger partial charge in [0.2, 0.25) is 0 Å². The van der Waals surface area contributed by atoms with E-state index in [1.165, 1.54) is 31.2 Å². The summed E-state index contributed by atoms with van der Waals surface area (Å²) in [6.07, 6.45) is -4.54.